The van der Waals surface area contributed by atoms with Gasteiger partial charge in [-0.25, -0.2) is 0 Å². The van der Waals surface area contributed by atoms with Crippen molar-refractivity contribution in [3.05, 3.63) is 300 Å². The summed E-state index contributed by atoms with van der Waals surface area (Å²) >= 11 is 0. The molecule has 0 unspecified atom stereocenters. The van der Waals surface area contributed by atoms with Gasteiger partial charge < -0.3 is 0 Å². The molecule has 0 nitrogen and oxygen atoms in total. The fraction of sp³-hybridized carbons (Fsp3) is 0.158. The van der Waals surface area contributed by atoms with Crippen molar-refractivity contribution in [1.29, 1.82) is 0 Å². The van der Waals surface area contributed by atoms with Crippen LogP contribution in [-0.4, -0.2) is 0 Å². The molecule has 0 N–H and O–H groups in total. The molecule has 0 saturated heterocycles. The molecule has 0 heteroatoms. The highest BCUT2D eigenvalue weighted by atomic mass is 14.5. The third-order valence-corrected chi connectivity index (χ3v) is 24.5. The average molecular weight is 1220 g/mol. The fourth-order valence-corrected chi connectivity index (χ4v) is 19.3. The van der Waals surface area contributed by atoms with Crippen LogP contribution < -0.4 is 0 Å². The predicted molar refractivity (Wildman–Crippen MR) is 407 cm³/mol. The Bertz CT molecular complexity index is 5450. The summed E-state index contributed by atoms with van der Waals surface area (Å²) in [6, 6.07) is 104. The van der Waals surface area contributed by atoms with Gasteiger partial charge in [0, 0.05) is 16.2 Å². The van der Waals surface area contributed by atoms with Crippen LogP contribution in [0.4, 0.5) is 0 Å². The van der Waals surface area contributed by atoms with Crippen molar-refractivity contribution in [2.24, 2.45) is 0 Å². The van der Waals surface area contributed by atoms with Crippen LogP contribution in [0.1, 0.15) is 113 Å². The van der Waals surface area contributed by atoms with Crippen LogP contribution in [-0.2, 0) is 16.2 Å². The Hall–Kier alpha value is -10.4. The molecule has 95 heavy (non-hydrogen) atoms. The molecule has 0 aromatic heterocycles. The van der Waals surface area contributed by atoms with Gasteiger partial charge in [-0.2, -0.15) is 0 Å². The lowest BCUT2D eigenvalue weighted by atomic mass is 9.72. The van der Waals surface area contributed by atoms with Crippen molar-refractivity contribution >= 4 is 64.6 Å². The average Bonchev–Trinajstić information content (AvgIpc) is 1.69. The Morgan fingerprint density at radius 2 is 0.379 bits per heavy atom. The zero-order valence-electron chi connectivity index (χ0n) is 55.1. The van der Waals surface area contributed by atoms with Crippen LogP contribution in [0, 0.1) is 0 Å². The maximum absolute atomic E-state index is 2.58. The third kappa shape index (κ3) is 7.77. The van der Waals surface area contributed by atoms with E-state index in [0.29, 0.717) is 0 Å². The normalized spacial score (nSPS) is 14.5. The summed E-state index contributed by atoms with van der Waals surface area (Å²) < 4.78 is 0. The van der Waals surface area contributed by atoms with Crippen LogP contribution in [0.3, 0.4) is 0 Å². The van der Waals surface area contributed by atoms with Gasteiger partial charge in [0.1, 0.15) is 0 Å². The molecule has 0 heterocycles. The Kier molecular flexibility index (Phi) is 12.3. The van der Waals surface area contributed by atoms with Gasteiger partial charge in [-0.05, 0) is 273 Å². The lowest BCUT2D eigenvalue weighted by Gasteiger charge is -2.31. The van der Waals surface area contributed by atoms with Crippen LogP contribution in [0.15, 0.2) is 267 Å². The van der Waals surface area contributed by atoms with Crippen LogP contribution >= 0.6 is 0 Å². The first-order chi connectivity index (χ1) is 46.7. The summed E-state index contributed by atoms with van der Waals surface area (Å²) in [5, 5.41) is 15.9. The molecular weight excluding hydrogens is 1140 g/mol. The van der Waals surface area contributed by atoms with Crippen LogP contribution in [0.5, 0.6) is 0 Å². The van der Waals surface area contributed by atoms with Crippen molar-refractivity contribution in [3.8, 4) is 100 Å². The first kappa shape index (κ1) is 56.2. The molecule has 19 rings (SSSR count). The van der Waals surface area contributed by atoms with E-state index in [9.17, 15) is 0 Å². The lowest BCUT2D eigenvalue weighted by Crippen LogP contribution is -2.23. The molecule has 454 valence electrons. The molecule has 3 aliphatic carbocycles. The van der Waals surface area contributed by atoms with E-state index in [0.717, 1.165) is 38.5 Å². The van der Waals surface area contributed by atoms with Crippen molar-refractivity contribution in [2.45, 2.75) is 96.3 Å². The van der Waals surface area contributed by atoms with Gasteiger partial charge in [0.15, 0.2) is 0 Å². The van der Waals surface area contributed by atoms with Crippen molar-refractivity contribution < 1.29 is 0 Å². The fourth-order valence-electron chi connectivity index (χ4n) is 19.3. The molecule has 16 aromatic carbocycles. The van der Waals surface area contributed by atoms with E-state index >= 15 is 0 Å². The highest BCUT2D eigenvalue weighted by molar-refractivity contribution is 6.27. The largest absolute Gasteiger partial charge is 0.0642 e. The first-order valence-corrected chi connectivity index (χ1v) is 35.1. The Labute approximate surface area is 557 Å². The molecular formula is C95H74. The van der Waals surface area contributed by atoms with E-state index in [1.54, 1.807) is 0 Å². The molecule has 0 radical (unpaired) electrons. The summed E-state index contributed by atoms with van der Waals surface area (Å²) in [5.74, 6) is 0. The van der Waals surface area contributed by atoms with Gasteiger partial charge in [-0.3, -0.25) is 0 Å². The summed E-state index contributed by atoms with van der Waals surface area (Å²) in [4.78, 5) is 0. The molecule has 0 saturated carbocycles. The second-order valence-corrected chi connectivity index (χ2v) is 28.0. The van der Waals surface area contributed by atoms with Crippen LogP contribution in [0.2, 0.25) is 0 Å². The van der Waals surface area contributed by atoms with Gasteiger partial charge >= 0.3 is 0 Å². The van der Waals surface area contributed by atoms with Gasteiger partial charge in [0.25, 0.3) is 0 Å². The molecule has 0 atom stereocenters. The smallest absolute Gasteiger partial charge is 0.0210 e. The molecule has 0 spiro atoms. The zero-order chi connectivity index (χ0) is 63.6. The lowest BCUT2D eigenvalue weighted by molar-refractivity contribution is 0.490. The van der Waals surface area contributed by atoms with Gasteiger partial charge in [0.05, 0.1) is 0 Å². The van der Waals surface area contributed by atoms with Gasteiger partial charge in [-0.1, -0.05) is 272 Å². The molecule has 0 bridgehead atoms. The molecule has 0 amide bonds. The quantitative estimate of drug-likeness (QED) is 0.107. The topological polar surface area (TPSA) is 0 Å². The van der Waals surface area contributed by atoms with E-state index in [2.05, 4.69) is 308 Å². The molecule has 0 aliphatic heterocycles. The van der Waals surface area contributed by atoms with E-state index in [1.807, 2.05) is 0 Å². The maximum Gasteiger partial charge on any atom is 0.0210 e. The van der Waals surface area contributed by atoms with Crippen LogP contribution in [0.25, 0.3) is 165 Å². The number of rotatable bonds is 12. The standard InChI is InChI=1S/C95H74/c1-7-93(8-2)83-51-67(57-19-23-59(24-20-57)73-41-31-65-29-27-61-15-13-17-63-33-49-81(73)91(65)89(61)63)35-43-75(83)77-45-37-69(53-85(77)93)71-39-47-79-80-48-40-72(56-88(80)95(11-5,12-6)87(79)55-71)70-38-46-78-76-44-36-68(52-84(76)94(9-3,10-4)86(78)54-70)58-21-25-60(26-22-58)74-42-32-66-30-28-62-16-14-18-64-34-50-82(74)92(66)90(62)64/h13-56H,7-12H2,1-6H3. The molecule has 0 fully saturated rings. The van der Waals surface area contributed by atoms with Gasteiger partial charge in [-0.15, -0.1) is 0 Å². The Morgan fingerprint density at radius 3 is 0.642 bits per heavy atom. The van der Waals surface area contributed by atoms with E-state index in [-0.39, 0.29) is 16.2 Å². The SMILES string of the molecule is CCC1(CC)c2cc(-c3ccc(-c4ccc5ccc6cccc7ccc4c5c67)cc3)ccc2-c2ccc(-c3ccc4c(c3)C(CC)(CC)c3cc(-c5ccc6c(c5)C(CC)(CC)c5cc(-c7ccc(-c8ccc9ccc%10cccc%11ccc8c9c%10%11)cc7)ccc5-6)ccc3-4)cc21. The molecule has 3 aliphatic rings. The minimum Gasteiger partial charge on any atom is -0.0642 e. The predicted octanol–water partition coefficient (Wildman–Crippen LogP) is 26.7. The number of fused-ring (bicyclic) bond motifs is 9. The Morgan fingerprint density at radius 1 is 0.179 bits per heavy atom. The van der Waals surface area contributed by atoms with E-state index < -0.39 is 0 Å². The highest BCUT2D eigenvalue weighted by Gasteiger charge is 2.44. The minimum atomic E-state index is -0.100. The zero-order valence-corrected chi connectivity index (χ0v) is 55.1. The van der Waals surface area contributed by atoms with Gasteiger partial charge in [0.2, 0.25) is 0 Å². The summed E-state index contributed by atoms with van der Waals surface area (Å²) in [5.41, 5.74) is 32.2. The maximum atomic E-state index is 2.58. The van der Waals surface area contributed by atoms with Crippen molar-refractivity contribution in [1.82, 2.24) is 0 Å². The highest BCUT2D eigenvalue weighted by Crippen LogP contribution is 2.59. The molecule has 16 aromatic rings. The monoisotopic (exact) mass is 1210 g/mol. The number of hydrogen-bond donors (Lipinski definition) is 0. The van der Waals surface area contributed by atoms with Crippen molar-refractivity contribution in [2.75, 3.05) is 0 Å². The van der Waals surface area contributed by atoms with E-state index in [4.69, 9.17) is 0 Å². The second-order valence-electron chi connectivity index (χ2n) is 28.0. The van der Waals surface area contributed by atoms with Crippen molar-refractivity contribution in [3.63, 3.8) is 0 Å². The third-order valence-electron chi connectivity index (χ3n) is 24.5. The minimum absolute atomic E-state index is 0.0852. The summed E-state index contributed by atoms with van der Waals surface area (Å²) in [6.07, 6.45) is 6.23. The second kappa shape index (κ2) is 20.8. The Balaban J connectivity index is 0.610. The summed E-state index contributed by atoms with van der Waals surface area (Å²) in [6.45, 7) is 14.5. The summed E-state index contributed by atoms with van der Waals surface area (Å²) in [7, 11) is 0. The number of hydrogen-bond acceptors (Lipinski definition) is 0. The number of benzene rings is 16. The van der Waals surface area contributed by atoms with E-state index in [1.165, 1.54) is 198 Å². The first-order valence-electron chi connectivity index (χ1n) is 35.1.